The summed E-state index contributed by atoms with van der Waals surface area (Å²) in [6.07, 6.45) is 5.38. The average Bonchev–Trinajstić information content (AvgIpc) is 2.62. The molecular formula is C19H25N5OS. The fourth-order valence-corrected chi connectivity index (χ4v) is 4.04. The third kappa shape index (κ3) is 3.95. The molecule has 0 aliphatic carbocycles. The predicted molar refractivity (Wildman–Crippen MR) is 104 cm³/mol. The van der Waals surface area contributed by atoms with Gasteiger partial charge in [-0.1, -0.05) is 6.07 Å². The van der Waals surface area contributed by atoms with E-state index in [-0.39, 0.29) is 12.2 Å². The molecule has 0 amide bonds. The molecule has 6 nitrogen and oxygen atoms in total. The van der Waals surface area contributed by atoms with E-state index >= 15 is 0 Å². The second-order valence-electron chi connectivity index (χ2n) is 7.34. The zero-order valence-corrected chi connectivity index (χ0v) is 16.1. The van der Waals surface area contributed by atoms with Gasteiger partial charge in [0, 0.05) is 62.8 Å². The molecule has 2 aliphatic heterocycles. The number of H-pyrrole nitrogens is 1. The summed E-state index contributed by atoms with van der Waals surface area (Å²) in [7, 11) is 0. The smallest absolute Gasteiger partial charge is 0.196 e. The van der Waals surface area contributed by atoms with Gasteiger partial charge in [-0.05, 0) is 37.7 Å². The Labute approximate surface area is 159 Å². The number of rotatable bonds is 3. The van der Waals surface area contributed by atoms with E-state index in [1.165, 1.54) is 16.8 Å². The van der Waals surface area contributed by atoms with Crippen molar-refractivity contribution in [1.82, 2.24) is 19.9 Å². The maximum Gasteiger partial charge on any atom is 0.196 e. The number of nitrogens with zero attached hydrogens (tertiary/aromatic N) is 4. The van der Waals surface area contributed by atoms with Crippen LogP contribution < -0.4 is 4.90 Å². The van der Waals surface area contributed by atoms with Crippen LogP contribution in [-0.2, 0) is 24.2 Å². The minimum Gasteiger partial charge on any atom is -0.372 e. The highest BCUT2D eigenvalue weighted by molar-refractivity contribution is 7.71. The van der Waals surface area contributed by atoms with Crippen molar-refractivity contribution in [2.45, 2.75) is 45.6 Å². The van der Waals surface area contributed by atoms with E-state index in [1.54, 1.807) is 0 Å². The third-order valence-electron chi connectivity index (χ3n) is 5.01. The number of aromatic amines is 1. The molecular weight excluding hydrogens is 346 g/mol. The van der Waals surface area contributed by atoms with E-state index in [0.29, 0.717) is 4.77 Å². The molecule has 0 spiro atoms. The first-order valence-electron chi connectivity index (χ1n) is 9.21. The average molecular weight is 372 g/mol. The van der Waals surface area contributed by atoms with Crippen LogP contribution in [-0.4, -0.2) is 51.7 Å². The van der Waals surface area contributed by atoms with E-state index in [2.05, 4.69) is 45.7 Å². The quantitative estimate of drug-likeness (QED) is 0.838. The minimum absolute atomic E-state index is 0.245. The standard InChI is InChI=1S/C19H25N5OS/c1-13-9-24(10-14(2)25-13)18-4-3-15(7-20-18)11-23-6-5-17-16(12-23)8-21-19(26)22-17/h3-4,7-8,13-14H,5-6,9-12H2,1-2H3,(H,21,22,26). The summed E-state index contributed by atoms with van der Waals surface area (Å²) in [5.74, 6) is 1.04. The first-order valence-corrected chi connectivity index (χ1v) is 9.62. The molecule has 1 fully saturated rings. The van der Waals surface area contributed by atoms with Gasteiger partial charge in [-0.15, -0.1) is 0 Å². The van der Waals surface area contributed by atoms with Crippen molar-refractivity contribution >= 4 is 18.0 Å². The number of fused-ring (bicyclic) bond motifs is 1. The van der Waals surface area contributed by atoms with Gasteiger partial charge in [0.1, 0.15) is 5.82 Å². The SMILES string of the molecule is CC1CN(c2ccc(CN3CCc4[nH]c(=S)ncc4C3)cn2)CC(C)O1. The monoisotopic (exact) mass is 371 g/mol. The van der Waals surface area contributed by atoms with E-state index in [1.807, 2.05) is 12.4 Å². The lowest BCUT2D eigenvalue weighted by Crippen LogP contribution is -2.45. The van der Waals surface area contributed by atoms with Crippen LogP contribution in [0.4, 0.5) is 5.82 Å². The van der Waals surface area contributed by atoms with E-state index in [9.17, 15) is 0 Å². The van der Waals surface area contributed by atoms with Gasteiger partial charge in [0.25, 0.3) is 0 Å². The molecule has 26 heavy (non-hydrogen) atoms. The highest BCUT2D eigenvalue weighted by Gasteiger charge is 2.23. The molecule has 0 aromatic carbocycles. The van der Waals surface area contributed by atoms with Crippen LogP contribution in [0.15, 0.2) is 24.5 Å². The zero-order chi connectivity index (χ0) is 18.1. The molecule has 2 atom stereocenters. The number of aromatic nitrogens is 3. The van der Waals surface area contributed by atoms with E-state index in [0.717, 1.165) is 45.0 Å². The topological polar surface area (TPSA) is 57.3 Å². The molecule has 0 bridgehead atoms. The van der Waals surface area contributed by atoms with Crippen molar-refractivity contribution in [3.8, 4) is 0 Å². The van der Waals surface area contributed by atoms with Crippen LogP contribution >= 0.6 is 12.2 Å². The molecule has 4 heterocycles. The highest BCUT2D eigenvalue weighted by atomic mass is 32.1. The normalized spacial score (nSPS) is 23.7. The lowest BCUT2D eigenvalue weighted by molar-refractivity contribution is -0.00546. The third-order valence-corrected chi connectivity index (χ3v) is 5.22. The van der Waals surface area contributed by atoms with E-state index < -0.39 is 0 Å². The molecule has 138 valence electrons. The molecule has 1 saturated heterocycles. The van der Waals surface area contributed by atoms with Crippen LogP contribution in [0.5, 0.6) is 0 Å². The molecule has 2 aromatic rings. The summed E-state index contributed by atoms with van der Waals surface area (Å²) in [6, 6.07) is 4.33. The van der Waals surface area contributed by atoms with Crippen LogP contribution in [0.25, 0.3) is 0 Å². The second-order valence-corrected chi connectivity index (χ2v) is 7.73. The molecule has 4 rings (SSSR count). The molecule has 1 N–H and O–H groups in total. The van der Waals surface area contributed by atoms with Crippen molar-refractivity contribution in [2.75, 3.05) is 24.5 Å². The Morgan fingerprint density at radius 1 is 1.19 bits per heavy atom. The van der Waals surface area contributed by atoms with Crippen LogP contribution in [0.3, 0.4) is 0 Å². The van der Waals surface area contributed by atoms with E-state index in [4.69, 9.17) is 21.9 Å². The zero-order valence-electron chi connectivity index (χ0n) is 15.3. The number of pyridine rings is 1. The van der Waals surface area contributed by atoms with Crippen LogP contribution in [0.2, 0.25) is 0 Å². The number of nitrogens with one attached hydrogen (secondary N) is 1. The Bertz CT molecular complexity index is 811. The molecule has 0 saturated carbocycles. The lowest BCUT2D eigenvalue weighted by Gasteiger charge is -2.36. The van der Waals surface area contributed by atoms with Crippen molar-refractivity contribution < 1.29 is 4.74 Å². The second kappa shape index (κ2) is 7.42. The maximum atomic E-state index is 5.81. The highest BCUT2D eigenvalue weighted by Crippen LogP contribution is 2.21. The van der Waals surface area contributed by atoms with Gasteiger partial charge in [0.05, 0.1) is 12.2 Å². The summed E-state index contributed by atoms with van der Waals surface area (Å²) < 4.78 is 6.38. The van der Waals surface area contributed by atoms with Crippen LogP contribution in [0, 0.1) is 4.77 Å². The maximum absolute atomic E-state index is 5.81. The number of ether oxygens (including phenoxy) is 1. The van der Waals surface area contributed by atoms with Gasteiger partial charge in [0.2, 0.25) is 0 Å². The first kappa shape index (κ1) is 17.6. The summed E-state index contributed by atoms with van der Waals surface area (Å²) in [4.78, 5) is 16.9. The molecule has 2 aromatic heterocycles. The molecule has 0 radical (unpaired) electrons. The molecule has 7 heteroatoms. The minimum atomic E-state index is 0.245. The Balaban J connectivity index is 1.40. The number of hydrogen-bond acceptors (Lipinski definition) is 6. The number of morpholine rings is 1. The summed E-state index contributed by atoms with van der Waals surface area (Å²) in [5.41, 5.74) is 3.71. The van der Waals surface area contributed by atoms with Gasteiger partial charge in [-0.3, -0.25) is 4.90 Å². The van der Waals surface area contributed by atoms with Crippen LogP contribution in [0.1, 0.15) is 30.7 Å². The fraction of sp³-hybridized carbons (Fsp3) is 0.526. The van der Waals surface area contributed by atoms with Gasteiger partial charge < -0.3 is 14.6 Å². The Morgan fingerprint density at radius 2 is 2.00 bits per heavy atom. The molecule has 2 aliphatic rings. The van der Waals surface area contributed by atoms with Gasteiger partial charge >= 0.3 is 0 Å². The number of hydrogen-bond donors (Lipinski definition) is 1. The number of anilines is 1. The Morgan fingerprint density at radius 3 is 2.73 bits per heavy atom. The first-order chi connectivity index (χ1) is 12.6. The summed E-state index contributed by atoms with van der Waals surface area (Å²) >= 11 is 5.11. The fourth-order valence-electron chi connectivity index (χ4n) is 3.86. The van der Waals surface area contributed by atoms with Crippen molar-refractivity contribution in [2.24, 2.45) is 0 Å². The summed E-state index contributed by atoms with van der Waals surface area (Å²) in [5, 5.41) is 0. The van der Waals surface area contributed by atoms with Gasteiger partial charge in [-0.2, -0.15) is 0 Å². The largest absolute Gasteiger partial charge is 0.372 e. The van der Waals surface area contributed by atoms with Gasteiger partial charge in [0.15, 0.2) is 4.77 Å². The summed E-state index contributed by atoms with van der Waals surface area (Å²) in [6.45, 7) is 8.84. The molecule has 2 unspecified atom stereocenters. The van der Waals surface area contributed by atoms with Crippen molar-refractivity contribution in [3.63, 3.8) is 0 Å². The van der Waals surface area contributed by atoms with Gasteiger partial charge in [-0.25, -0.2) is 9.97 Å². The lowest BCUT2D eigenvalue weighted by atomic mass is 10.1. The van der Waals surface area contributed by atoms with Crippen molar-refractivity contribution in [1.29, 1.82) is 0 Å². The Kier molecular flexibility index (Phi) is 5.02. The Hall–Kier alpha value is -1.83. The van der Waals surface area contributed by atoms with Crippen molar-refractivity contribution in [3.05, 3.63) is 46.1 Å². The predicted octanol–water partition coefficient (Wildman–Crippen LogP) is 2.71.